The molecule has 1 aromatic heterocycles. The summed E-state index contributed by atoms with van der Waals surface area (Å²) in [6.45, 7) is 8.19. The van der Waals surface area contributed by atoms with E-state index >= 15 is 0 Å². The molecule has 0 saturated carbocycles. The van der Waals surface area contributed by atoms with Crippen LogP contribution in [0, 0.1) is 24.6 Å². The van der Waals surface area contributed by atoms with E-state index in [1.165, 1.54) is 29.8 Å². The molecular weight excluding hydrogens is 729 g/mol. The summed E-state index contributed by atoms with van der Waals surface area (Å²) in [5.74, 6) is -0.738. The van der Waals surface area contributed by atoms with Gasteiger partial charge in [-0.25, -0.2) is 13.8 Å². The molecule has 7 rings (SSSR count). The number of halogens is 2. The second-order valence-corrected chi connectivity index (χ2v) is 11.7. The second kappa shape index (κ2) is 10.3. The first-order chi connectivity index (χ1) is 20.0. The van der Waals surface area contributed by atoms with Crippen LogP contribution in [0.15, 0.2) is 83.9 Å². The molecule has 2 atom stereocenters. The summed E-state index contributed by atoms with van der Waals surface area (Å²) in [4.78, 5) is 9.52. The minimum Gasteiger partial charge on any atom is -0.513 e. The van der Waals surface area contributed by atoms with Gasteiger partial charge in [0.05, 0.1) is 0 Å². The predicted octanol–water partition coefficient (Wildman–Crippen LogP) is 8.14. The number of ether oxygens (including phenoxy) is 2. The van der Waals surface area contributed by atoms with Crippen LogP contribution in [0.4, 0.5) is 8.78 Å². The van der Waals surface area contributed by atoms with Gasteiger partial charge in [-0.3, -0.25) is 4.99 Å². The minimum absolute atomic E-state index is 0. The third-order valence-electron chi connectivity index (χ3n) is 8.33. The van der Waals surface area contributed by atoms with Gasteiger partial charge in [-0.2, -0.15) is 0 Å². The molecule has 8 heteroatoms. The molecule has 0 radical (unpaired) electrons. The number of phenolic OH excluding ortho intramolecular Hbond substituents is 1. The Labute approximate surface area is 262 Å². The number of aryl methyl sites for hydroxylation is 1. The van der Waals surface area contributed by atoms with Crippen molar-refractivity contribution in [2.75, 3.05) is 0 Å². The van der Waals surface area contributed by atoms with Crippen LogP contribution < -0.4 is 4.74 Å². The third kappa shape index (κ3) is 4.62. The average molecular weight is 757 g/mol. The molecule has 5 aromatic rings. The number of hydrogen-bond acceptors (Lipinski definition) is 5. The predicted molar refractivity (Wildman–Crippen MR) is 157 cm³/mol. The van der Waals surface area contributed by atoms with E-state index in [0.717, 1.165) is 16.5 Å². The summed E-state index contributed by atoms with van der Waals surface area (Å²) in [5.41, 5.74) is 2.98. The van der Waals surface area contributed by atoms with E-state index in [0.29, 0.717) is 17.0 Å². The number of hydrogen-bond donors (Lipinski definition) is 1. The molecule has 0 spiro atoms. The van der Waals surface area contributed by atoms with E-state index in [4.69, 9.17) is 14.5 Å². The Kier molecular flexibility index (Phi) is 6.93. The Morgan fingerprint density at radius 2 is 1.63 bits per heavy atom. The van der Waals surface area contributed by atoms with Crippen LogP contribution in [-0.2, 0) is 36.8 Å². The number of phenols is 1. The second-order valence-electron chi connectivity index (χ2n) is 11.7. The van der Waals surface area contributed by atoms with Crippen molar-refractivity contribution >= 4 is 16.8 Å². The van der Waals surface area contributed by atoms with Crippen LogP contribution in [0.5, 0.6) is 17.4 Å². The van der Waals surface area contributed by atoms with Gasteiger partial charge in [0, 0.05) is 49.2 Å². The summed E-state index contributed by atoms with van der Waals surface area (Å²) in [6.07, 6.45) is -0.294. The zero-order valence-electron chi connectivity index (χ0n) is 23.8. The maximum atomic E-state index is 15.0. The van der Waals surface area contributed by atoms with Gasteiger partial charge in [0.15, 0.2) is 0 Å². The molecule has 220 valence electrons. The van der Waals surface area contributed by atoms with E-state index in [1.807, 2.05) is 32.0 Å². The molecule has 0 amide bonds. The number of aromatic nitrogens is 1. The number of pyridine rings is 1. The average Bonchev–Trinajstić information content (AvgIpc) is 3.39. The molecule has 2 aliphatic rings. The molecule has 1 N–H and O–H groups in total. The van der Waals surface area contributed by atoms with E-state index in [1.54, 1.807) is 24.3 Å². The minimum atomic E-state index is -0.713. The van der Waals surface area contributed by atoms with Gasteiger partial charge in [0.1, 0.15) is 40.4 Å². The SMILES string of the molecule is Cc1cc(O)c2nc(Oc3[c-]c(C4=N[C@@]5(C)c6ccccc6C(C)(C)[C@H]5O4)cc(-c4c(F)cccc4F)c3)ccc2c1.[Pt]. The van der Waals surface area contributed by atoms with Crippen LogP contribution >= 0.6 is 0 Å². The largest absolute Gasteiger partial charge is 0.513 e. The molecule has 0 bridgehead atoms. The standard InChI is InChI=1S/C35H27F2N2O3.Pt/c1-19-14-20-12-13-29(38-31(20)28(40)15-19)41-23-17-21(30-26(36)10-7-11-27(30)37)16-22(18-23)32-39-35(4)25-9-6-5-8-24(25)34(2,3)33(35)42-32;/h5-17,33,40H,1-4H3;/q-1;/t33-,35+;/m1./s1. The van der Waals surface area contributed by atoms with Crippen molar-refractivity contribution < 1.29 is 44.4 Å². The number of nitrogens with zero attached hydrogens (tertiary/aromatic N) is 2. The van der Waals surface area contributed by atoms with Gasteiger partial charge in [0.2, 0.25) is 5.88 Å². The van der Waals surface area contributed by atoms with Gasteiger partial charge in [-0.1, -0.05) is 67.4 Å². The van der Waals surface area contributed by atoms with Crippen molar-refractivity contribution in [3.05, 3.63) is 119 Å². The third-order valence-corrected chi connectivity index (χ3v) is 8.33. The first-order valence-corrected chi connectivity index (χ1v) is 13.7. The molecule has 0 fully saturated rings. The Balaban J connectivity index is 0.00000329. The fourth-order valence-corrected chi connectivity index (χ4v) is 6.47. The number of fused-ring (bicyclic) bond motifs is 4. The number of aromatic hydroxyl groups is 1. The van der Waals surface area contributed by atoms with Crippen LogP contribution in [0.25, 0.3) is 22.0 Å². The molecule has 1 aliphatic carbocycles. The zero-order valence-corrected chi connectivity index (χ0v) is 26.1. The molecular formula is C35H27F2N2O3Pt-. The normalized spacial score (nSPS) is 19.7. The smallest absolute Gasteiger partial charge is 0.217 e. The van der Waals surface area contributed by atoms with Crippen molar-refractivity contribution in [3.63, 3.8) is 0 Å². The molecule has 43 heavy (non-hydrogen) atoms. The molecule has 2 heterocycles. The first-order valence-electron chi connectivity index (χ1n) is 13.7. The molecule has 0 saturated heterocycles. The van der Waals surface area contributed by atoms with Crippen LogP contribution in [0.2, 0.25) is 0 Å². The van der Waals surface area contributed by atoms with Crippen molar-refractivity contribution in [3.8, 4) is 28.5 Å². The quantitative estimate of drug-likeness (QED) is 0.188. The molecule has 5 nitrogen and oxygen atoms in total. The van der Waals surface area contributed by atoms with Crippen LogP contribution in [0.1, 0.15) is 43.0 Å². The summed E-state index contributed by atoms with van der Waals surface area (Å²) in [7, 11) is 0. The summed E-state index contributed by atoms with van der Waals surface area (Å²) in [6, 6.07) is 25.2. The molecule has 1 aliphatic heterocycles. The molecule has 0 unspecified atom stereocenters. The monoisotopic (exact) mass is 756 g/mol. The topological polar surface area (TPSA) is 63.9 Å². The van der Waals surface area contributed by atoms with Gasteiger partial charge in [-0.15, -0.1) is 6.07 Å². The van der Waals surface area contributed by atoms with Crippen molar-refractivity contribution in [2.45, 2.75) is 44.8 Å². The Morgan fingerprint density at radius 1 is 0.907 bits per heavy atom. The summed E-state index contributed by atoms with van der Waals surface area (Å²) < 4.78 is 42.6. The summed E-state index contributed by atoms with van der Waals surface area (Å²) in [5, 5.41) is 11.2. The van der Waals surface area contributed by atoms with Gasteiger partial charge in [-0.05, 0) is 60.9 Å². The zero-order chi connectivity index (χ0) is 29.4. The van der Waals surface area contributed by atoms with Gasteiger partial charge in [0.25, 0.3) is 0 Å². The van der Waals surface area contributed by atoms with Crippen molar-refractivity contribution in [1.29, 1.82) is 0 Å². The van der Waals surface area contributed by atoms with E-state index in [-0.39, 0.29) is 61.1 Å². The molecule has 4 aromatic carbocycles. The van der Waals surface area contributed by atoms with Gasteiger partial charge >= 0.3 is 0 Å². The Bertz CT molecular complexity index is 1940. The van der Waals surface area contributed by atoms with Crippen LogP contribution in [0.3, 0.4) is 0 Å². The van der Waals surface area contributed by atoms with Gasteiger partial charge < -0.3 is 14.6 Å². The maximum absolute atomic E-state index is 15.0. The first kappa shape index (κ1) is 29.0. The van der Waals surface area contributed by atoms with E-state index in [9.17, 15) is 13.9 Å². The van der Waals surface area contributed by atoms with Crippen molar-refractivity contribution in [1.82, 2.24) is 4.98 Å². The van der Waals surface area contributed by atoms with Crippen molar-refractivity contribution in [2.24, 2.45) is 4.99 Å². The Morgan fingerprint density at radius 3 is 2.37 bits per heavy atom. The Hall–Kier alpha value is -4.09. The van der Waals surface area contributed by atoms with E-state index < -0.39 is 17.2 Å². The maximum Gasteiger partial charge on any atom is 0.217 e. The number of benzene rings is 4. The van der Waals surface area contributed by atoms with E-state index in [2.05, 4.69) is 37.0 Å². The fraction of sp³-hybridized carbons (Fsp3) is 0.200. The fourth-order valence-electron chi connectivity index (χ4n) is 6.47. The number of rotatable bonds is 4. The number of aliphatic imine (C=N–C) groups is 1. The summed E-state index contributed by atoms with van der Waals surface area (Å²) >= 11 is 0. The van der Waals surface area contributed by atoms with Crippen LogP contribution in [-0.4, -0.2) is 22.1 Å².